The molecule has 0 aliphatic carbocycles. The Labute approximate surface area is 183 Å². The highest BCUT2D eigenvalue weighted by molar-refractivity contribution is 6.01. The van der Waals surface area contributed by atoms with Gasteiger partial charge in [-0.25, -0.2) is 0 Å². The molecule has 31 heavy (non-hydrogen) atoms. The zero-order valence-corrected chi connectivity index (χ0v) is 18.3. The predicted octanol–water partition coefficient (Wildman–Crippen LogP) is 5.07. The molecule has 3 heterocycles. The van der Waals surface area contributed by atoms with Crippen LogP contribution < -0.4 is 9.64 Å². The number of piperidine rings is 1. The zero-order valence-electron chi connectivity index (χ0n) is 18.3. The van der Waals surface area contributed by atoms with Crippen LogP contribution in [0.15, 0.2) is 48.5 Å². The Morgan fingerprint density at radius 3 is 2.32 bits per heavy atom. The SMILES string of the molecule is Cc1ccc(-c2ccc(N3CCC4(CC3)CC(=O)c3cc(C)cc(C)c3O4)nn2)cc1. The quantitative estimate of drug-likeness (QED) is 0.587. The molecule has 0 amide bonds. The summed E-state index contributed by atoms with van der Waals surface area (Å²) in [6.45, 7) is 7.72. The minimum Gasteiger partial charge on any atom is -0.486 e. The summed E-state index contributed by atoms with van der Waals surface area (Å²) >= 11 is 0. The maximum atomic E-state index is 12.9. The number of rotatable bonds is 2. The second kappa shape index (κ2) is 7.49. The molecule has 5 heteroatoms. The van der Waals surface area contributed by atoms with E-state index in [2.05, 4.69) is 52.4 Å². The molecule has 0 N–H and O–H groups in total. The molecule has 2 aliphatic rings. The number of aryl methyl sites for hydroxylation is 3. The Morgan fingerprint density at radius 1 is 0.903 bits per heavy atom. The number of carbonyl (C=O) groups excluding carboxylic acids is 1. The van der Waals surface area contributed by atoms with E-state index < -0.39 is 5.60 Å². The summed E-state index contributed by atoms with van der Waals surface area (Å²) in [6, 6.07) is 16.4. The number of benzene rings is 2. The summed E-state index contributed by atoms with van der Waals surface area (Å²) in [6.07, 6.45) is 2.05. The fraction of sp³-hybridized carbons (Fsp3) is 0.346. The summed E-state index contributed by atoms with van der Waals surface area (Å²) in [5.74, 6) is 1.85. The number of aromatic nitrogens is 2. The van der Waals surface area contributed by atoms with Gasteiger partial charge in [-0.1, -0.05) is 35.9 Å². The molecule has 1 saturated heterocycles. The average molecular weight is 414 g/mol. The predicted molar refractivity (Wildman–Crippen MR) is 122 cm³/mol. The van der Waals surface area contributed by atoms with E-state index in [1.807, 2.05) is 32.0 Å². The van der Waals surface area contributed by atoms with Crippen molar-refractivity contribution >= 4 is 11.6 Å². The number of carbonyl (C=O) groups is 1. The third-order valence-electron chi connectivity index (χ3n) is 6.52. The number of Topliss-reactive ketones (excluding diaryl/α,β-unsaturated/α-hetero) is 1. The van der Waals surface area contributed by atoms with Gasteiger partial charge in [-0.05, 0) is 50.1 Å². The molecule has 1 aromatic heterocycles. The number of fused-ring (bicyclic) bond motifs is 1. The van der Waals surface area contributed by atoms with Crippen LogP contribution in [0.1, 0.15) is 46.3 Å². The van der Waals surface area contributed by atoms with Crippen LogP contribution in [0.25, 0.3) is 11.3 Å². The van der Waals surface area contributed by atoms with Crippen LogP contribution in [0.3, 0.4) is 0 Å². The lowest BCUT2D eigenvalue weighted by atomic mass is 9.81. The molecular formula is C26H27N3O2. The Kier molecular flexibility index (Phi) is 4.77. The fourth-order valence-electron chi connectivity index (χ4n) is 4.73. The number of hydrogen-bond donors (Lipinski definition) is 0. The van der Waals surface area contributed by atoms with Crippen molar-refractivity contribution in [2.24, 2.45) is 0 Å². The monoisotopic (exact) mass is 413 g/mol. The van der Waals surface area contributed by atoms with Gasteiger partial charge in [0.1, 0.15) is 11.4 Å². The first kappa shape index (κ1) is 19.7. The normalized spacial score (nSPS) is 17.4. The summed E-state index contributed by atoms with van der Waals surface area (Å²) in [4.78, 5) is 15.1. The molecule has 1 fully saturated rings. The molecule has 2 aliphatic heterocycles. The van der Waals surface area contributed by atoms with E-state index >= 15 is 0 Å². The third-order valence-corrected chi connectivity index (χ3v) is 6.52. The third kappa shape index (κ3) is 3.69. The van der Waals surface area contributed by atoms with E-state index in [1.54, 1.807) is 0 Å². The van der Waals surface area contributed by atoms with Gasteiger partial charge in [0.05, 0.1) is 17.7 Å². The minimum absolute atomic E-state index is 0.198. The molecule has 5 nitrogen and oxygen atoms in total. The summed E-state index contributed by atoms with van der Waals surface area (Å²) in [5, 5.41) is 8.92. The summed E-state index contributed by atoms with van der Waals surface area (Å²) < 4.78 is 6.50. The smallest absolute Gasteiger partial charge is 0.170 e. The highest BCUT2D eigenvalue weighted by Gasteiger charge is 2.43. The first-order valence-corrected chi connectivity index (χ1v) is 10.9. The molecule has 0 bridgehead atoms. The number of nitrogens with zero attached hydrogens (tertiary/aromatic N) is 3. The van der Waals surface area contributed by atoms with E-state index in [0.717, 1.165) is 65.4 Å². The van der Waals surface area contributed by atoms with Crippen LogP contribution in [0.5, 0.6) is 5.75 Å². The van der Waals surface area contributed by atoms with Crippen molar-refractivity contribution in [3.05, 3.63) is 70.8 Å². The van der Waals surface area contributed by atoms with Crippen LogP contribution >= 0.6 is 0 Å². The van der Waals surface area contributed by atoms with Gasteiger partial charge in [-0.3, -0.25) is 4.79 Å². The van der Waals surface area contributed by atoms with E-state index in [-0.39, 0.29) is 5.78 Å². The standard InChI is InChI=1S/C26H27N3O2/c1-17-4-6-20(7-5-17)22-8-9-24(28-27-22)29-12-10-26(11-13-29)16-23(30)21-15-18(2)14-19(3)25(21)31-26/h4-9,14-15H,10-13,16H2,1-3H3. The Morgan fingerprint density at radius 2 is 1.65 bits per heavy atom. The van der Waals surface area contributed by atoms with Gasteiger partial charge in [-0.15, -0.1) is 10.2 Å². The van der Waals surface area contributed by atoms with Crippen molar-refractivity contribution in [1.82, 2.24) is 10.2 Å². The van der Waals surface area contributed by atoms with E-state index in [4.69, 9.17) is 4.74 Å². The largest absolute Gasteiger partial charge is 0.486 e. The minimum atomic E-state index is -0.407. The summed E-state index contributed by atoms with van der Waals surface area (Å²) in [7, 11) is 0. The maximum absolute atomic E-state index is 12.9. The van der Waals surface area contributed by atoms with Gasteiger partial charge in [0.2, 0.25) is 0 Å². The fourth-order valence-corrected chi connectivity index (χ4v) is 4.73. The van der Waals surface area contributed by atoms with Crippen molar-refractivity contribution in [3.63, 3.8) is 0 Å². The van der Waals surface area contributed by atoms with Crippen molar-refractivity contribution in [2.45, 2.75) is 45.6 Å². The van der Waals surface area contributed by atoms with Crippen LogP contribution in [0, 0.1) is 20.8 Å². The van der Waals surface area contributed by atoms with Crippen LogP contribution in [0.2, 0.25) is 0 Å². The molecule has 1 spiro atoms. The number of ether oxygens (including phenoxy) is 1. The maximum Gasteiger partial charge on any atom is 0.170 e. The lowest BCUT2D eigenvalue weighted by Gasteiger charge is -2.44. The topological polar surface area (TPSA) is 55.3 Å². The van der Waals surface area contributed by atoms with Gasteiger partial charge in [0.25, 0.3) is 0 Å². The van der Waals surface area contributed by atoms with Crippen LogP contribution in [-0.4, -0.2) is 34.7 Å². The molecule has 0 unspecified atom stereocenters. The van der Waals surface area contributed by atoms with Gasteiger partial charge in [0.15, 0.2) is 11.6 Å². The number of hydrogen-bond acceptors (Lipinski definition) is 5. The highest BCUT2D eigenvalue weighted by atomic mass is 16.5. The van der Waals surface area contributed by atoms with Crippen molar-refractivity contribution in [2.75, 3.05) is 18.0 Å². The molecular weight excluding hydrogens is 386 g/mol. The van der Waals surface area contributed by atoms with Crippen molar-refractivity contribution in [1.29, 1.82) is 0 Å². The molecule has 0 atom stereocenters. The molecule has 0 saturated carbocycles. The highest BCUT2D eigenvalue weighted by Crippen LogP contribution is 2.41. The number of anilines is 1. The molecule has 3 aromatic rings. The van der Waals surface area contributed by atoms with E-state index in [1.165, 1.54) is 5.56 Å². The van der Waals surface area contributed by atoms with E-state index in [9.17, 15) is 4.79 Å². The van der Waals surface area contributed by atoms with Crippen molar-refractivity contribution in [3.8, 4) is 17.0 Å². The Bertz CT molecular complexity index is 1130. The molecule has 5 rings (SSSR count). The Hall–Kier alpha value is -3.21. The average Bonchev–Trinajstić information content (AvgIpc) is 2.76. The van der Waals surface area contributed by atoms with Gasteiger partial charge >= 0.3 is 0 Å². The second-order valence-electron chi connectivity index (χ2n) is 8.97. The molecule has 0 radical (unpaired) electrons. The molecule has 158 valence electrons. The van der Waals surface area contributed by atoms with Gasteiger partial charge < -0.3 is 9.64 Å². The van der Waals surface area contributed by atoms with Gasteiger partial charge in [-0.2, -0.15) is 0 Å². The lowest BCUT2D eigenvalue weighted by molar-refractivity contribution is 0.0225. The van der Waals surface area contributed by atoms with Crippen LogP contribution in [-0.2, 0) is 0 Å². The zero-order chi connectivity index (χ0) is 21.6. The number of ketones is 1. The van der Waals surface area contributed by atoms with E-state index in [0.29, 0.717) is 6.42 Å². The molecule has 2 aromatic carbocycles. The van der Waals surface area contributed by atoms with Crippen molar-refractivity contribution < 1.29 is 9.53 Å². The Balaban J connectivity index is 1.30. The summed E-state index contributed by atoms with van der Waals surface area (Å²) in [5.41, 5.74) is 5.65. The van der Waals surface area contributed by atoms with Gasteiger partial charge in [0, 0.05) is 31.5 Å². The first-order chi connectivity index (χ1) is 14.9. The lowest BCUT2D eigenvalue weighted by Crippen LogP contribution is -2.51. The first-order valence-electron chi connectivity index (χ1n) is 10.9. The second-order valence-corrected chi connectivity index (χ2v) is 8.97. The van der Waals surface area contributed by atoms with Crippen LogP contribution in [0.4, 0.5) is 5.82 Å².